The molecule has 0 bridgehead atoms. The molecule has 0 aliphatic heterocycles. The molecular formula is C54H37N3O. The first-order valence-electron chi connectivity index (χ1n) is 19.8. The molecule has 0 fully saturated rings. The van der Waals surface area contributed by atoms with Crippen LogP contribution in [0.2, 0.25) is 0 Å². The predicted octanol–water partition coefficient (Wildman–Crippen LogP) is 14.0. The van der Waals surface area contributed by atoms with Gasteiger partial charge >= 0.3 is 0 Å². The summed E-state index contributed by atoms with van der Waals surface area (Å²) in [7, 11) is 0. The molecule has 0 unspecified atom stereocenters. The van der Waals surface area contributed by atoms with Crippen molar-refractivity contribution in [3.63, 3.8) is 0 Å². The summed E-state index contributed by atoms with van der Waals surface area (Å²) in [5.41, 5.74) is 22.6. The number of rotatable bonds is 6. The molecule has 0 saturated carbocycles. The highest BCUT2D eigenvalue weighted by Crippen LogP contribution is 2.55. The zero-order chi connectivity index (χ0) is 38.7. The minimum Gasteiger partial charge on any atom is -0.456 e. The summed E-state index contributed by atoms with van der Waals surface area (Å²) in [6.45, 7) is 4.56. The Balaban J connectivity index is 1.39. The lowest BCUT2D eigenvalue weighted by Gasteiger charge is -2.26. The number of para-hydroxylation sites is 1. The minimum atomic E-state index is 0.747. The molecule has 1 aliphatic carbocycles. The lowest BCUT2D eigenvalue weighted by molar-refractivity contribution is 0.669. The Morgan fingerprint density at radius 1 is 0.466 bits per heavy atom. The summed E-state index contributed by atoms with van der Waals surface area (Å²) in [6, 6.07) is 60.7. The predicted molar refractivity (Wildman–Crippen MR) is 237 cm³/mol. The van der Waals surface area contributed by atoms with Crippen molar-refractivity contribution >= 4 is 21.9 Å². The molecule has 0 atom stereocenters. The first-order chi connectivity index (χ1) is 28.6. The van der Waals surface area contributed by atoms with Crippen molar-refractivity contribution < 1.29 is 4.42 Å². The fraction of sp³-hybridized carbons (Fsp3) is 0.0556. The molecule has 0 saturated heterocycles. The summed E-state index contributed by atoms with van der Waals surface area (Å²) >= 11 is 0. The van der Waals surface area contributed by atoms with E-state index in [4.69, 9.17) is 9.52 Å². The highest BCUT2D eigenvalue weighted by Gasteiger charge is 2.32. The number of hydrogen-bond acceptors (Lipinski definition) is 4. The van der Waals surface area contributed by atoms with Gasteiger partial charge in [-0.1, -0.05) is 152 Å². The molecule has 4 nitrogen and oxygen atoms in total. The number of furan rings is 1. The van der Waals surface area contributed by atoms with Gasteiger partial charge in [-0.25, -0.2) is 0 Å². The monoisotopic (exact) mass is 743 g/mol. The van der Waals surface area contributed by atoms with Crippen LogP contribution >= 0.6 is 0 Å². The first kappa shape index (κ1) is 33.9. The SMILES string of the molecule is Cc1cc2c(c(-c3c(-c4ccccc4)cc4oc5ccccc5c4c3-c3ccc(-c4ccccc4)c(-c4ccccc4)c3-c3ccnnn3)c1C)Cc1ccccc1-2. The molecule has 8 aromatic carbocycles. The second kappa shape index (κ2) is 13.6. The van der Waals surface area contributed by atoms with Gasteiger partial charge in [-0.15, -0.1) is 10.2 Å². The molecule has 1 aliphatic rings. The van der Waals surface area contributed by atoms with Crippen molar-refractivity contribution in [1.29, 1.82) is 0 Å². The van der Waals surface area contributed by atoms with E-state index >= 15 is 0 Å². The van der Waals surface area contributed by atoms with Crippen molar-refractivity contribution in [2.24, 2.45) is 0 Å². The molecule has 0 spiro atoms. The van der Waals surface area contributed by atoms with E-state index in [1.807, 2.05) is 6.07 Å². The van der Waals surface area contributed by atoms with Crippen molar-refractivity contribution in [3.8, 4) is 78.0 Å². The Labute approximate surface area is 337 Å². The normalized spacial score (nSPS) is 11.9. The van der Waals surface area contributed by atoms with E-state index in [1.54, 1.807) is 6.20 Å². The maximum atomic E-state index is 6.88. The Bertz CT molecular complexity index is 3190. The zero-order valence-corrected chi connectivity index (χ0v) is 32.2. The average molecular weight is 744 g/mol. The molecule has 4 heteroatoms. The summed E-state index contributed by atoms with van der Waals surface area (Å²) in [5.74, 6) is 0. The van der Waals surface area contributed by atoms with Crippen LogP contribution < -0.4 is 0 Å². The summed E-state index contributed by atoms with van der Waals surface area (Å²) in [4.78, 5) is 0. The number of fused-ring (bicyclic) bond motifs is 6. The van der Waals surface area contributed by atoms with E-state index in [0.717, 1.165) is 84.1 Å². The third-order valence-corrected chi connectivity index (χ3v) is 12.0. The van der Waals surface area contributed by atoms with Gasteiger partial charge in [0.25, 0.3) is 0 Å². The van der Waals surface area contributed by atoms with Crippen molar-refractivity contribution in [3.05, 3.63) is 198 Å². The largest absolute Gasteiger partial charge is 0.456 e. The topological polar surface area (TPSA) is 51.8 Å². The molecule has 2 aromatic heterocycles. The van der Waals surface area contributed by atoms with Gasteiger partial charge in [0, 0.05) is 21.9 Å². The van der Waals surface area contributed by atoms with E-state index in [9.17, 15) is 0 Å². The van der Waals surface area contributed by atoms with Gasteiger partial charge in [-0.3, -0.25) is 0 Å². The van der Waals surface area contributed by atoms with Crippen LogP contribution in [0.5, 0.6) is 0 Å². The highest BCUT2D eigenvalue weighted by molar-refractivity contribution is 6.21. The Morgan fingerprint density at radius 3 is 1.86 bits per heavy atom. The Morgan fingerprint density at radius 2 is 1.12 bits per heavy atom. The maximum absolute atomic E-state index is 6.88. The fourth-order valence-electron chi connectivity index (χ4n) is 9.34. The standard InChI is InChI=1S/C54H37N3O/c1-33-30-44-39-23-13-12-22-38(39)31-45(44)49(34(33)2)54-43(36-18-8-4-9-19-36)32-48-52(41-24-14-15-25-47(41)58-48)53(54)42-27-26-40(35-16-6-3-7-17-35)50(37-20-10-5-11-21-37)51(42)46-28-29-55-57-56-46/h3-30,32H,31H2,1-2H3. The van der Waals surface area contributed by atoms with Crippen LogP contribution in [0.4, 0.5) is 0 Å². The van der Waals surface area contributed by atoms with Crippen molar-refractivity contribution in [2.45, 2.75) is 20.3 Å². The second-order valence-electron chi connectivity index (χ2n) is 15.2. The molecule has 58 heavy (non-hydrogen) atoms. The van der Waals surface area contributed by atoms with Crippen molar-refractivity contribution in [2.75, 3.05) is 0 Å². The van der Waals surface area contributed by atoms with Crippen molar-refractivity contribution in [1.82, 2.24) is 15.4 Å². The molecule has 10 aromatic rings. The zero-order valence-electron chi connectivity index (χ0n) is 32.2. The quantitative estimate of drug-likeness (QED) is 0.170. The molecule has 0 N–H and O–H groups in total. The number of hydrogen-bond donors (Lipinski definition) is 0. The van der Waals surface area contributed by atoms with E-state index in [2.05, 4.69) is 188 Å². The fourth-order valence-corrected chi connectivity index (χ4v) is 9.34. The lowest BCUT2D eigenvalue weighted by atomic mass is 9.77. The molecule has 274 valence electrons. The lowest BCUT2D eigenvalue weighted by Crippen LogP contribution is -2.02. The molecule has 0 amide bonds. The Kier molecular flexibility index (Phi) is 7.97. The van der Waals surface area contributed by atoms with Gasteiger partial charge in [0.2, 0.25) is 0 Å². The molecular weight excluding hydrogens is 707 g/mol. The number of aryl methyl sites for hydroxylation is 1. The van der Waals surface area contributed by atoms with E-state index < -0.39 is 0 Å². The third kappa shape index (κ3) is 5.33. The highest BCUT2D eigenvalue weighted by atomic mass is 16.3. The third-order valence-electron chi connectivity index (χ3n) is 12.0. The molecule has 11 rings (SSSR count). The smallest absolute Gasteiger partial charge is 0.136 e. The van der Waals surface area contributed by atoms with Gasteiger partial charge in [0.15, 0.2) is 0 Å². The summed E-state index contributed by atoms with van der Waals surface area (Å²) in [5, 5.41) is 15.4. The van der Waals surface area contributed by atoms with Gasteiger partial charge in [0.05, 0.1) is 11.9 Å². The van der Waals surface area contributed by atoms with Gasteiger partial charge in [-0.2, -0.15) is 0 Å². The maximum Gasteiger partial charge on any atom is 0.136 e. The summed E-state index contributed by atoms with van der Waals surface area (Å²) < 4.78 is 6.88. The van der Waals surface area contributed by atoms with Crippen LogP contribution in [-0.4, -0.2) is 15.4 Å². The van der Waals surface area contributed by atoms with Crippen LogP contribution in [0, 0.1) is 13.8 Å². The second-order valence-corrected chi connectivity index (χ2v) is 15.2. The van der Waals surface area contributed by atoms with Gasteiger partial charge in [-0.05, 0) is 127 Å². The molecule has 2 heterocycles. The minimum absolute atomic E-state index is 0.747. The first-order valence-corrected chi connectivity index (χ1v) is 19.8. The average Bonchev–Trinajstić information content (AvgIpc) is 3.85. The van der Waals surface area contributed by atoms with Crippen LogP contribution in [0.15, 0.2) is 180 Å². The van der Waals surface area contributed by atoms with Crippen LogP contribution in [0.1, 0.15) is 22.3 Å². The van der Waals surface area contributed by atoms with Crippen LogP contribution in [-0.2, 0) is 6.42 Å². The molecule has 0 radical (unpaired) electrons. The summed E-state index contributed by atoms with van der Waals surface area (Å²) in [6.07, 6.45) is 2.60. The Hall–Kier alpha value is -7.43. The van der Waals surface area contributed by atoms with E-state index in [-0.39, 0.29) is 0 Å². The number of nitrogens with zero attached hydrogens (tertiary/aromatic N) is 3. The number of benzene rings is 8. The van der Waals surface area contributed by atoms with E-state index in [0.29, 0.717) is 0 Å². The van der Waals surface area contributed by atoms with E-state index in [1.165, 1.54) is 44.5 Å². The van der Waals surface area contributed by atoms with Gasteiger partial charge in [0.1, 0.15) is 11.2 Å². The number of aromatic nitrogens is 3. The van der Waals surface area contributed by atoms with Crippen LogP contribution in [0.3, 0.4) is 0 Å². The van der Waals surface area contributed by atoms with Crippen LogP contribution in [0.25, 0.3) is 100.0 Å². The van der Waals surface area contributed by atoms with Gasteiger partial charge < -0.3 is 4.42 Å².